The zero-order valence-electron chi connectivity index (χ0n) is 16.3. The number of fused-ring (bicyclic) bond motifs is 2. The number of carbonyl (C=O) groups is 3. The van der Waals surface area contributed by atoms with Gasteiger partial charge in [0.2, 0.25) is 11.8 Å². The molecule has 1 fully saturated rings. The highest BCUT2D eigenvalue weighted by Gasteiger charge is 2.42. The number of para-hydroxylation sites is 1. The van der Waals surface area contributed by atoms with Gasteiger partial charge in [-0.15, -0.1) is 0 Å². The molecule has 2 aliphatic heterocycles. The second-order valence-electron chi connectivity index (χ2n) is 7.22. The molecule has 0 saturated carbocycles. The lowest BCUT2D eigenvalue weighted by atomic mass is 10.1. The molecule has 0 bridgehead atoms. The second kappa shape index (κ2) is 7.95. The zero-order chi connectivity index (χ0) is 20.4. The molecule has 1 atom stereocenters. The molecule has 0 aromatic heterocycles. The van der Waals surface area contributed by atoms with E-state index in [1.165, 1.54) is 4.90 Å². The van der Waals surface area contributed by atoms with Crippen LogP contribution in [0.1, 0.15) is 28.8 Å². The summed E-state index contributed by atoms with van der Waals surface area (Å²) in [6.45, 7) is 0.797. The molecule has 0 spiro atoms. The first-order valence-corrected chi connectivity index (χ1v) is 9.69. The minimum atomic E-state index is -0.496. The Morgan fingerprint density at radius 2 is 1.90 bits per heavy atom. The summed E-state index contributed by atoms with van der Waals surface area (Å²) in [6, 6.07) is 13.9. The lowest BCUT2D eigenvalue weighted by Crippen LogP contribution is -2.48. The largest absolute Gasteiger partial charge is 0.497 e. The van der Waals surface area contributed by atoms with Gasteiger partial charge >= 0.3 is 0 Å². The van der Waals surface area contributed by atoms with E-state index in [2.05, 4.69) is 5.32 Å². The van der Waals surface area contributed by atoms with Crippen LogP contribution < -0.4 is 15.0 Å². The van der Waals surface area contributed by atoms with Gasteiger partial charge in [0.25, 0.3) is 5.91 Å². The van der Waals surface area contributed by atoms with E-state index in [1.54, 1.807) is 36.3 Å². The average Bonchev–Trinajstić information content (AvgIpc) is 3.23. The van der Waals surface area contributed by atoms with Gasteiger partial charge in [0, 0.05) is 13.1 Å². The lowest BCUT2D eigenvalue weighted by molar-refractivity contribution is -0.125. The standard InChI is InChI=1S/C22H23N3O4/c1-29-16-10-8-15(9-11-16)13-23-20(26)14-25-18-6-3-2-5-17(18)21(27)24-12-4-7-19(24)22(25)28/h2-3,5-6,8-11,19H,4,7,12-14H2,1H3,(H,23,26)/t19-/m1/s1. The van der Waals surface area contributed by atoms with Crippen LogP contribution in [0.4, 0.5) is 5.69 Å². The third-order valence-corrected chi connectivity index (χ3v) is 5.44. The van der Waals surface area contributed by atoms with Crippen molar-refractivity contribution in [3.63, 3.8) is 0 Å². The molecule has 150 valence electrons. The van der Waals surface area contributed by atoms with Crippen LogP contribution in [0.15, 0.2) is 48.5 Å². The summed E-state index contributed by atoms with van der Waals surface area (Å²) in [5.41, 5.74) is 1.89. The van der Waals surface area contributed by atoms with E-state index in [-0.39, 0.29) is 24.3 Å². The molecule has 2 aliphatic rings. The SMILES string of the molecule is COc1ccc(CNC(=O)CN2C(=O)[C@H]3CCCN3C(=O)c3ccccc32)cc1. The molecule has 0 radical (unpaired) electrons. The Balaban J connectivity index is 1.51. The Hall–Kier alpha value is -3.35. The third kappa shape index (κ3) is 3.68. The Morgan fingerprint density at radius 3 is 2.66 bits per heavy atom. The topological polar surface area (TPSA) is 79.0 Å². The fraction of sp³-hybridized carbons (Fsp3) is 0.318. The van der Waals surface area contributed by atoms with E-state index in [1.807, 2.05) is 24.3 Å². The molecule has 1 N–H and O–H groups in total. The number of hydrogen-bond acceptors (Lipinski definition) is 4. The number of ether oxygens (including phenoxy) is 1. The van der Waals surface area contributed by atoms with Gasteiger partial charge in [-0.1, -0.05) is 24.3 Å². The summed E-state index contributed by atoms with van der Waals surface area (Å²) >= 11 is 0. The number of amides is 3. The second-order valence-corrected chi connectivity index (χ2v) is 7.22. The summed E-state index contributed by atoms with van der Waals surface area (Å²) in [5, 5.41) is 2.85. The molecule has 29 heavy (non-hydrogen) atoms. The Bertz CT molecular complexity index is 941. The van der Waals surface area contributed by atoms with Gasteiger partial charge < -0.3 is 19.9 Å². The van der Waals surface area contributed by atoms with Crippen LogP contribution in [0.5, 0.6) is 5.75 Å². The predicted octanol–water partition coefficient (Wildman–Crippen LogP) is 1.96. The van der Waals surface area contributed by atoms with Crippen molar-refractivity contribution in [2.45, 2.75) is 25.4 Å². The minimum absolute atomic E-state index is 0.121. The summed E-state index contributed by atoms with van der Waals surface area (Å²) < 4.78 is 5.13. The van der Waals surface area contributed by atoms with Crippen LogP contribution in [0.25, 0.3) is 0 Å². The molecule has 2 heterocycles. The van der Waals surface area contributed by atoms with Gasteiger partial charge in [-0.3, -0.25) is 14.4 Å². The van der Waals surface area contributed by atoms with Gasteiger partial charge in [0.15, 0.2) is 0 Å². The average molecular weight is 393 g/mol. The maximum atomic E-state index is 13.2. The number of methoxy groups -OCH3 is 1. The van der Waals surface area contributed by atoms with Crippen molar-refractivity contribution in [1.82, 2.24) is 10.2 Å². The van der Waals surface area contributed by atoms with E-state index in [9.17, 15) is 14.4 Å². The predicted molar refractivity (Wildman–Crippen MR) is 108 cm³/mol. The molecule has 7 nitrogen and oxygen atoms in total. The Labute approximate surface area is 169 Å². The molecule has 3 amide bonds. The molecule has 4 rings (SSSR count). The molecule has 2 aromatic rings. The smallest absolute Gasteiger partial charge is 0.256 e. The highest BCUT2D eigenvalue weighted by Crippen LogP contribution is 2.32. The molecular formula is C22H23N3O4. The Morgan fingerprint density at radius 1 is 1.14 bits per heavy atom. The van der Waals surface area contributed by atoms with E-state index in [0.29, 0.717) is 30.8 Å². The molecule has 1 saturated heterocycles. The highest BCUT2D eigenvalue weighted by atomic mass is 16.5. The maximum Gasteiger partial charge on any atom is 0.256 e. The monoisotopic (exact) mass is 393 g/mol. The van der Waals surface area contributed by atoms with Gasteiger partial charge in [-0.05, 0) is 42.7 Å². The van der Waals surface area contributed by atoms with Gasteiger partial charge in [0.1, 0.15) is 18.3 Å². The molecular weight excluding hydrogens is 370 g/mol. The van der Waals surface area contributed by atoms with Crippen molar-refractivity contribution in [2.24, 2.45) is 0 Å². The van der Waals surface area contributed by atoms with Crippen LogP contribution in [0.2, 0.25) is 0 Å². The van der Waals surface area contributed by atoms with Crippen molar-refractivity contribution < 1.29 is 19.1 Å². The lowest BCUT2D eigenvalue weighted by Gasteiger charge is -2.25. The number of nitrogens with zero attached hydrogens (tertiary/aromatic N) is 2. The third-order valence-electron chi connectivity index (χ3n) is 5.44. The Kier molecular flexibility index (Phi) is 5.20. The van der Waals surface area contributed by atoms with Crippen molar-refractivity contribution in [1.29, 1.82) is 0 Å². The fourth-order valence-electron chi connectivity index (χ4n) is 3.92. The van der Waals surface area contributed by atoms with Crippen molar-refractivity contribution in [3.8, 4) is 5.75 Å². The van der Waals surface area contributed by atoms with Crippen LogP contribution in [-0.4, -0.2) is 48.9 Å². The van der Waals surface area contributed by atoms with E-state index in [0.717, 1.165) is 17.7 Å². The van der Waals surface area contributed by atoms with E-state index in [4.69, 9.17) is 4.74 Å². The summed E-state index contributed by atoms with van der Waals surface area (Å²) in [6.07, 6.45) is 1.42. The minimum Gasteiger partial charge on any atom is -0.497 e. The number of hydrogen-bond donors (Lipinski definition) is 1. The van der Waals surface area contributed by atoms with Crippen LogP contribution in [0.3, 0.4) is 0 Å². The van der Waals surface area contributed by atoms with Gasteiger partial charge in [-0.25, -0.2) is 0 Å². The van der Waals surface area contributed by atoms with Crippen molar-refractivity contribution >= 4 is 23.4 Å². The number of carbonyl (C=O) groups excluding carboxylic acids is 3. The number of rotatable bonds is 5. The number of nitrogens with one attached hydrogen (secondary N) is 1. The van der Waals surface area contributed by atoms with Crippen molar-refractivity contribution in [3.05, 3.63) is 59.7 Å². The summed E-state index contributed by atoms with van der Waals surface area (Å²) in [7, 11) is 1.60. The van der Waals surface area contributed by atoms with Gasteiger partial charge in [-0.2, -0.15) is 0 Å². The van der Waals surface area contributed by atoms with Crippen LogP contribution in [0, 0.1) is 0 Å². The van der Waals surface area contributed by atoms with E-state index < -0.39 is 6.04 Å². The first kappa shape index (κ1) is 19.0. The summed E-state index contributed by atoms with van der Waals surface area (Å²) in [5.74, 6) is 0.137. The highest BCUT2D eigenvalue weighted by molar-refractivity contribution is 6.12. The molecule has 0 aliphatic carbocycles. The zero-order valence-corrected chi connectivity index (χ0v) is 16.3. The van der Waals surface area contributed by atoms with E-state index >= 15 is 0 Å². The number of benzene rings is 2. The first-order chi connectivity index (χ1) is 14.1. The molecule has 7 heteroatoms. The fourth-order valence-corrected chi connectivity index (χ4v) is 3.92. The normalized spacial score (nSPS) is 18.2. The first-order valence-electron chi connectivity index (χ1n) is 9.69. The molecule has 2 aromatic carbocycles. The van der Waals surface area contributed by atoms with Gasteiger partial charge in [0.05, 0.1) is 18.4 Å². The molecule has 0 unspecified atom stereocenters. The number of anilines is 1. The summed E-state index contributed by atoms with van der Waals surface area (Å²) in [4.78, 5) is 41.8. The maximum absolute atomic E-state index is 13.2. The van der Waals surface area contributed by atoms with Crippen LogP contribution in [-0.2, 0) is 16.1 Å². The van der Waals surface area contributed by atoms with Crippen LogP contribution >= 0.6 is 0 Å². The van der Waals surface area contributed by atoms with Crippen molar-refractivity contribution in [2.75, 3.05) is 25.1 Å². The quantitative estimate of drug-likeness (QED) is 0.842.